The Kier molecular flexibility index (Phi) is 11.1. The summed E-state index contributed by atoms with van der Waals surface area (Å²) in [5.74, 6) is -1.27. The van der Waals surface area contributed by atoms with Crippen LogP contribution in [0.5, 0.6) is 0 Å². The van der Waals surface area contributed by atoms with Crippen molar-refractivity contribution in [2.75, 3.05) is 13.2 Å². The zero-order chi connectivity index (χ0) is 34.5. The molecule has 2 aliphatic heterocycles. The van der Waals surface area contributed by atoms with E-state index in [2.05, 4.69) is 31.3 Å². The number of amides is 2. The molecule has 5 rings (SSSR count). The number of aliphatic hydroxyl groups is 8. The number of benzene rings is 1. The molecule has 0 saturated carbocycles. The van der Waals surface area contributed by atoms with Gasteiger partial charge in [0.05, 0.1) is 49.8 Å². The number of nitrogens with zero attached hydrogens (tertiary/aromatic N) is 6. The lowest BCUT2D eigenvalue weighted by molar-refractivity contribution is -0.303. The molecule has 2 aromatic heterocycles. The van der Waals surface area contributed by atoms with Crippen LogP contribution in [-0.4, -0.2) is 158 Å². The molecule has 2 aliphatic rings. The van der Waals surface area contributed by atoms with Gasteiger partial charge in [-0.25, -0.2) is 0 Å². The summed E-state index contributed by atoms with van der Waals surface area (Å²) in [5, 5.41) is 98.8. The SMILES string of the molecule is O=C(NCc1cn(O[C@@H]2O[C@H](CO)[C@@H](O)[C@H](O)[C@H]2O)nn1)c1ccccc1C(=O)NCc1cn(O[C@@H]2O[C@H](CO)[C@@H](O)[C@H](O)[C@H]2O)nn1. The van der Waals surface area contributed by atoms with Gasteiger partial charge in [0, 0.05) is 0 Å². The molecule has 1 aromatic carbocycles. The summed E-state index contributed by atoms with van der Waals surface area (Å²) in [6.07, 6.45) is -12.7. The molecule has 0 spiro atoms. The minimum absolute atomic E-state index is 0.0227. The molecule has 0 radical (unpaired) electrons. The largest absolute Gasteiger partial charge is 0.394 e. The molecule has 4 heterocycles. The average molecular weight is 683 g/mol. The van der Waals surface area contributed by atoms with E-state index in [9.17, 15) is 50.4 Å². The van der Waals surface area contributed by atoms with E-state index >= 15 is 0 Å². The Hall–Kier alpha value is -4.36. The van der Waals surface area contributed by atoms with Crippen LogP contribution in [0.4, 0.5) is 0 Å². The molecule has 22 nitrogen and oxygen atoms in total. The molecule has 48 heavy (non-hydrogen) atoms. The first-order valence-corrected chi connectivity index (χ1v) is 14.4. The highest BCUT2D eigenvalue weighted by molar-refractivity contribution is 6.07. The van der Waals surface area contributed by atoms with Gasteiger partial charge in [-0.3, -0.25) is 9.59 Å². The van der Waals surface area contributed by atoms with E-state index in [0.29, 0.717) is 0 Å². The fraction of sp³-hybridized carbons (Fsp3) is 0.538. The van der Waals surface area contributed by atoms with Crippen LogP contribution >= 0.6 is 0 Å². The summed E-state index contributed by atoms with van der Waals surface area (Å²) < 4.78 is 10.5. The van der Waals surface area contributed by atoms with Gasteiger partial charge < -0.3 is 70.6 Å². The molecule has 22 heteroatoms. The Morgan fingerprint density at radius 3 is 1.44 bits per heavy atom. The number of nitrogens with one attached hydrogen (secondary N) is 2. The normalized spacial score (nSPS) is 30.4. The summed E-state index contributed by atoms with van der Waals surface area (Å²) in [6.45, 7) is -1.62. The van der Waals surface area contributed by atoms with Gasteiger partial charge in [0.25, 0.3) is 24.4 Å². The van der Waals surface area contributed by atoms with Crippen LogP contribution in [0.25, 0.3) is 0 Å². The molecule has 10 atom stereocenters. The lowest BCUT2D eigenvalue weighted by Crippen LogP contribution is -2.61. The van der Waals surface area contributed by atoms with Crippen molar-refractivity contribution in [3.8, 4) is 0 Å². The van der Waals surface area contributed by atoms with Gasteiger partial charge in [-0.15, -0.1) is 10.2 Å². The first-order valence-electron chi connectivity index (χ1n) is 14.4. The van der Waals surface area contributed by atoms with Gasteiger partial charge >= 0.3 is 0 Å². The van der Waals surface area contributed by atoms with E-state index in [1.165, 1.54) is 24.5 Å². The van der Waals surface area contributed by atoms with Crippen LogP contribution in [0, 0.1) is 0 Å². The topological polar surface area (TPSA) is 318 Å². The lowest BCUT2D eigenvalue weighted by Gasteiger charge is -2.38. The van der Waals surface area contributed by atoms with Crippen molar-refractivity contribution in [2.24, 2.45) is 0 Å². The maximum absolute atomic E-state index is 13.0. The third-order valence-corrected chi connectivity index (χ3v) is 7.44. The van der Waals surface area contributed by atoms with Gasteiger partial charge in [-0.1, -0.05) is 21.8 Å². The highest BCUT2D eigenvalue weighted by Gasteiger charge is 2.46. The van der Waals surface area contributed by atoms with Crippen molar-refractivity contribution in [1.29, 1.82) is 0 Å². The maximum Gasteiger partial charge on any atom is 0.256 e. The quantitative estimate of drug-likeness (QED) is 0.0848. The summed E-state index contributed by atoms with van der Waals surface area (Å²) in [5.41, 5.74) is 0.442. The van der Waals surface area contributed by atoms with Crippen molar-refractivity contribution in [3.63, 3.8) is 0 Å². The number of aliphatic hydroxyl groups excluding tert-OH is 8. The Morgan fingerprint density at radius 1 is 0.667 bits per heavy atom. The van der Waals surface area contributed by atoms with Crippen molar-refractivity contribution in [1.82, 2.24) is 40.9 Å². The second kappa shape index (κ2) is 15.2. The molecule has 0 bridgehead atoms. The van der Waals surface area contributed by atoms with Crippen molar-refractivity contribution >= 4 is 11.8 Å². The van der Waals surface area contributed by atoms with Gasteiger partial charge in [0.2, 0.25) is 0 Å². The van der Waals surface area contributed by atoms with Gasteiger partial charge in [0.1, 0.15) is 60.2 Å². The zero-order valence-corrected chi connectivity index (χ0v) is 24.8. The third kappa shape index (κ3) is 7.68. The van der Waals surface area contributed by atoms with Crippen LogP contribution in [0.1, 0.15) is 32.1 Å². The number of hydrogen-bond donors (Lipinski definition) is 10. The fourth-order valence-electron chi connectivity index (χ4n) is 4.76. The average Bonchev–Trinajstić information content (AvgIpc) is 3.75. The molecule has 2 saturated heterocycles. The van der Waals surface area contributed by atoms with Gasteiger partial charge in [-0.2, -0.15) is 0 Å². The van der Waals surface area contributed by atoms with Crippen LogP contribution in [0.2, 0.25) is 0 Å². The smallest absolute Gasteiger partial charge is 0.256 e. The molecule has 2 amide bonds. The summed E-state index contributed by atoms with van der Waals surface area (Å²) in [7, 11) is 0. The first-order chi connectivity index (χ1) is 23.0. The molecule has 2 fully saturated rings. The third-order valence-electron chi connectivity index (χ3n) is 7.44. The number of ether oxygens (including phenoxy) is 2. The van der Waals surface area contributed by atoms with Crippen LogP contribution in [0.15, 0.2) is 36.7 Å². The van der Waals surface area contributed by atoms with Crippen LogP contribution in [0.3, 0.4) is 0 Å². The minimum Gasteiger partial charge on any atom is -0.394 e. The minimum atomic E-state index is -1.67. The second-order valence-electron chi connectivity index (χ2n) is 10.7. The van der Waals surface area contributed by atoms with Gasteiger partial charge in [-0.05, 0) is 22.6 Å². The number of carbonyl (C=O) groups excluding carboxylic acids is 2. The van der Waals surface area contributed by atoms with Crippen LogP contribution in [-0.2, 0) is 22.6 Å². The van der Waals surface area contributed by atoms with E-state index in [4.69, 9.17) is 19.1 Å². The predicted molar refractivity (Wildman–Crippen MR) is 150 cm³/mol. The van der Waals surface area contributed by atoms with E-state index in [1.54, 1.807) is 12.1 Å². The molecule has 0 unspecified atom stereocenters. The van der Waals surface area contributed by atoms with Crippen molar-refractivity contribution < 1.29 is 69.6 Å². The van der Waals surface area contributed by atoms with E-state index < -0.39 is 86.4 Å². The summed E-state index contributed by atoms with van der Waals surface area (Å²) in [4.78, 5) is 38.3. The Labute approximate surface area is 269 Å². The monoisotopic (exact) mass is 682 g/mol. The van der Waals surface area contributed by atoms with E-state index in [0.717, 1.165) is 9.69 Å². The Balaban J connectivity index is 1.13. The standard InChI is InChI=1S/C26H34N8O14/c35-9-15-17(37)19(39)21(41)25(45-15)47-33-7-11(29-31-33)5-27-23(43)13-3-1-2-4-14(13)24(44)28-6-12-8-34(32-30-12)48-26-22(42)20(40)18(38)16(10-36)46-26/h1-4,7-8,15-22,25-26,35-42H,5-6,9-10H2,(H,27,43)(H,28,44)/t15-,16-,17-,18-,19+,20+,21-,22-,25+,26+/m1/s1. The number of aromatic nitrogens is 6. The zero-order valence-electron chi connectivity index (χ0n) is 24.8. The summed E-state index contributed by atoms with van der Waals surface area (Å²) in [6, 6.07) is 5.96. The lowest BCUT2D eigenvalue weighted by atomic mass is 9.99. The molecular formula is C26H34N8O14. The fourth-order valence-corrected chi connectivity index (χ4v) is 4.76. The number of rotatable bonds is 12. The summed E-state index contributed by atoms with van der Waals surface area (Å²) >= 11 is 0. The van der Waals surface area contributed by atoms with Crippen molar-refractivity contribution in [3.05, 3.63) is 59.2 Å². The molecule has 262 valence electrons. The van der Waals surface area contributed by atoms with E-state index in [1.807, 2.05) is 0 Å². The predicted octanol–water partition coefficient (Wildman–Crippen LogP) is -6.81. The van der Waals surface area contributed by atoms with Crippen LogP contribution < -0.4 is 20.3 Å². The highest BCUT2D eigenvalue weighted by Crippen LogP contribution is 2.22. The maximum atomic E-state index is 13.0. The number of carbonyl (C=O) groups is 2. The van der Waals surface area contributed by atoms with E-state index in [-0.39, 0.29) is 35.6 Å². The first kappa shape index (κ1) is 35.0. The highest BCUT2D eigenvalue weighted by atomic mass is 16.8. The number of hydrogen-bond acceptors (Lipinski definition) is 18. The molecular weight excluding hydrogens is 648 g/mol. The molecule has 10 N–H and O–H groups in total. The Morgan fingerprint density at radius 2 is 1.06 bits per heavy atom. The second-order valence-corrected chi connectivity index (χ2v) is 10.7. The molecule has 3 aromatic rings. The Bertz CT molecular complexity index is 1430. The molecule has 0 aliphatic carbocycles. The van der Waals surface area contributed by atoms with Gasteiger partial charge in [0.15, 0.2) is 0 Å². The van der Waals surface area contributed by atoms with Crippen molar-refractivity contribution in [2.45, 2.75) is 74.5 Å².